The van der Waals surface area contributed by atoms with Gasteiger partial charge in [-0.15, -0.1) is 0 Å². The number of halogens is 1. The van der Waals surface area contributed by atoms with E-state index in [0.29, 0.717) is 19.4 Å². The van der Waals surface area contributed by atoms with Crippen LogP contribution in [-0.2, 0) is 18.3 Å². The summed E-state index contributed by atoms with van der Waals surface area (Å²) in [5, 5.41) is 2.85. The number of amides is 1. The van der Waals surface area contributed by atoms with Crippen LogP contribution in [0.1, 0.15) is 32.5 Å². The van der Waals surface area contributed by atoms with Crippen molar-refractivity contribution in [2.75, 3.05) is 6.54 Å². The maximum Gasteiger partial charge on any atom is 0.239 e. The molecular weight excluding hydrogens is 283 g/mol. The number of benzene rings is 1. The third-order valence-electron chi connectivity index (χ3n) is 3.86. The van der Waals surface area contributed by atoms with Crippen molar-refractivity contribution >= 4 is 16.9 Å². The van der Waals surface area contributed by atoms with Crippen molar-refractivity contribution < 1.29 is 9.18 Å². The van der Waals surface area contributed by atoms with Crippen LogP contribution in [0.4, 0.5) is 4.39 Å². The second-order valence-electron chi connectivity index (χ2n) is 5.89. The predicted octanol–water partition coefficient (Wildman–Crippen LogP) is 1.89. The number of hydrogen-bond acceptors (Lipinski definition) is 3. The third-order valence-corrected chi connectivity index (χ3v) is 3.86. The molecule has 0 spiro atoms. The van der Waals surface area contributed by atoms with Gasteiger partial charge in [0.1, 0.15) is 11.6 Å². The average molecular weight is 306 g/mol. The van der Waals surface area contributed by atoms with Crippen molar-refractivity contribution in [2.24, 2.45) is 12.8 Å². The van der Waals surface area contributed by atoms with E-state index in [1.165, 1.54) is 12.1 Å². The molecule has 6 heteroatoms. The molecule has 1 atom stereocenters. The first-order valence-corrected chi connectivity index (χ1v) is 7.53. The van der Waals surface area contributed by atoms with E-state index in [1.54, 1.807) is 13.0 Å². The fourth-order valence-electron chi connectivity index (χ4n) is 2.56. The molecule has 0 bridgehead atoms. The summed E-state index contributed by atoms with van der Waals surface area (Å²) < 4.78 is 15.1. The van der Waals surface area contributed by atoms with Crippen LogP contribution >= 0.6 is 0 Å². The number of nitrogens with zero attached hydrogens (tertiary/aromatic N) is 2. The van der Waals surface area contributed by atoms with E-state index in [1.807, 2.05) is 18.5 Å². The van der Waals surface area contributed by atoms with Gasteiger partial charge in [0.25, 0.3) is 0 Å². The molecule has 0 radical (unpaired) electrons. The molecule has 3 N–H and O–H groups in total. The zero-order valence-electron chi connectivity index (χ0n) is 13.3. The molecule has 1 aromatic carbocycles. The average Bonchev–Trinajstić information content (AvgIpc) is 2.75. The number of hydrogen-bond donors (Lipinski definition) is 2. The van der Waals surface area contributed by atoms with Gasteiger partial charge in [-0.05, 0) is 31.5 Å². The zero-order chi connectivity index (χ0) is 16.3. The summed E-state index contributed by atoms with van der Waals surface area (Å²) in [6, 6.07) is 4.51. The van der Waals surface area contributed by atoms with Crippen LogP contribution in [0.15, 0.2) is 18.2 Å². The molecule has 0 aliphatic heterocycles. The number of aromatic nitrogens is 2. The quantitative estimate of drug-likeness (QED) is 0.856. The highest BCUT2D eigenvalue weighted by Crippen LogP contribution is 2.16. The normalized spacial score (nSPS) is 14.0. The molecule has 120 valence electrons. The van der Waals surface area contributed by atoms with Crippen LogP contribution in [-0.4, -0.2) is 27.5 Å². The molecule has 1 amide bonds. The topological polar surface area (TPSA) is 72.9 Å². The highest BCUT2D eigenvalue weighted by Gasteiger charge is 2.26. The van der Waals surface area contributed by atoms with Gasteiger partial charge >= 0.3 is 0 Å². The molecule has 2 rings (SSSR count). The van der Waals surface area contributed by atoms with Crippen LogP contribution in [0.3, 0.4) is 0 Å². The van der Waals surface area contributed by atoms with Gasteiger partial charge in [-0.1, -0.05) is 13.3 Å². The van der Waals surface area contributed by atoms with Crippen LogP contribution in [0.5, 0.6) is 0 Å². The SMILES string of the molecule is CCCC(C)(N)C(=O)NCCc1nc2ccc(F)cc2n1C. The van der Waals surface area contributed by atoms with E-state index < -0.39 is 5.54 Å². The first-order valence-electron chi connectivity index (χ1n) is 7.53. The highest BCUT2D eigenvalue weighted by atomic mass is 19.1. The van der Waals surface area contributed by atoms with Crippen molar-refractivity contribution in [3.05, 3.63) is 29.8 Å². The predicted molar refractivity (Wildman–Crippen MR) is 84.9 cm³/mol. The lowest BCUT2D eigenvalue weighted by Gasteiger charge is -2.22. The largest absolute Gasteiger partial charge is 0.354 e. The van der Waals surface area contributed by atoms with Crippen LogP contribution in [0.2, 0.25) is 0 Å². The van der Waals surface area contributed by atoms with Gasteiger partial charge in [0.05, 0.1) is 16.6 Å². The number of nitrogens with two attached hydrogens (primary N) is 1. The maximum atomic E-state index is 13.3. The van der Waals surface area contributed by atoms with Crippen molar-refractivity contribution in [3.63, 3.8) is 0 Å². The molecule has 1 unspecified atom stereocenters. The first kappa shape index (κ1) is 16.4. The summed E-state index contributed by atoms with van der Waals surface area (Å²) in [6.07, 6.45) is 2.07. The fraction of sp³-hybridized carbons (Fsp3) is 0.500. The molecule has 1 heterocycles. The van der Waals surface area contributed by atoms with E-state index >= 15 is 0 Å². The number of carbonyl (C=O) groups is 1. The van der Waals surface area contributed by atoms with E-state index in [2.05, 4.69) is 10.3 Å². The molecule has 0 aliphatic carbocycles. The van der Waals surface area contributed by atoms with Gasteiger partial charge in [0, 0.05) is 20.0 Å². The molecule has 0 fully saturated rings. The Labute approximate surface area is 129 Å². The maximum absolute atomic E-state index is 13.3. The van der Waals surface area contributed by atoms with Crippen LogP contribution in [0.25, 0.3) is 11.0 Å². The van der Waals surface area contributed by atoms with Crippen molar-refractivity contribution in [1.29, 1.82) is 0 Å². The molecule has 0 aliphatic rings. The summed E-state index contributed by atoms with van der Waals surface area (Å²) in [5.74, 6) is 0.364. The molecular formula is C16H23FN4O. The van der Waals surface area contributed by atoms with E-state index in [-0.39, 0.29) is 11.7 Å². The Balaban J connectivity index is 2.01. The lowest BCUT2D eigenvalue weighted by molar-refractivity contribution is -0.126. The minimum absolute atomic E-state index is 0.154. The number of aryl methyl sites for hydroxylation is 1. The van der Waals surface area contributed by atoms with Crippen LogP contribution < -0.4 is 11.1 Å². The second-order valence-corrected chi connectivity index (χ2v) is 5.89. The number of carbonyl (C=O) groups excluding carboxylic acids is 1. The van der Waals surface area contributed by atoms with Gasteiger partial charge in [-0.3, -0.25) is 4.79 Å². The smallest absolute Gasteiger partial charge is 0.239 e. The van der Waals surface area contributed by atoms with E-state index in [0.717, 1.165) is 23.3 Å². The third kappa shape index (κ3) is 3.44. The first-order chi connectivity index (χ1) is 10.3. The number of rotatable bonds is 6. The standard InChI is InChI=1S/C16H23FN4O/c1-4-8-16(2,18)15(22)19-9-7-14-20-12-6-5-11(17)10-13(12)21(14)3/h5-6,10H,4,7-9,18H2,1-3H3,(H,19,22). The summed E-state index contributed by atoms with van der Waals surface area (Å²) in [6.45, 7) is 4.19. The monoisotopic (exact) mass is 306 g/mol. The zero-order valence-corrected chi connectivity index (χ0v) is 13.3. The minimum Gasteiger partial charge on any atom is -0.354 e. The number of nitrogens with one attached hydrogen (secondary N) is 1. The number of imidazole rings is 1. The summed E-state index contributed by atoms with van der Waals surface area (Å²) in [7, 11) is 1.84. The Hall–Kier alpha value is -1.95. The Bertz CT molecular complexity index is 678. The summed E-state index contributed by atoms with van der Waals surface area (Å²) in [4.78, 5) is 16.5. The van der Waals surface area contributed by atoms with Crippen molar-refractivity contribution in [1.82, 2.24) is 14.9 Å². The van der Waals surface area contributed by atoms with Gasteiger partial charge in [-0.2, -0.15) is 0 Å². The van der Waals surface area contributed by atoms with E-state index in [4.69, 9.17) is 5.73 Å². The van der Waals surface area contributed by atoms with Gasteiger partial charge in [0.15, 0.2) is 0 Å². The Morgan fingerprint density at radius 3 is 2.91 bits per heavy atom. The second kappa shape index (κ2) is 6.44. The molecule has 5 nitrogen and oxygen atoms in total. The van der Waals surface area contributed by atoms with Gasteiger partial charge < -0.3 is 15.6 Å². The Morgan fingerprint density at radius 1 is 1.50 bits per heavy atom. The van der Waals surface area contributed by atoms with Crippen molar-refractivity contribution in [2.45, 2.75) is 38.6 Å². The molecule has 22 heavy (non-hydrogen) atoms. The molecule has 2 aromatic rings. The van der Waals surface area contributed by atoms with Gasteiger partial charge in [-0.25, -0.2) is 9.37 Å². The minimum atomic E-state index is -0.843. The molecule has 1 aromatic heterocycles. The number of fused-ring (bicyclic) bond motifs is 1. The fourth-order valence-corrected chi connectivity index (χ4v) is 2.56. The van der Waals surface area contributed by atoms with Crippen molar-refractivity contribution in [3.8, 4) is 0 Å². The molecule has 0 saturated heterocycles. The molecule has 0 saturated carbocycles. The summed E-state index contributed by atoms with van der Waals surface area (Å²) >= 11 is 0. The lowest BCUT2D eigenvalue weighted by Crippen LogP contribution is -2.51. The lowest BCUT2D eigenvalue weighted by atomic mass is 9.96. The van der Waals surface area contributed by atoms with E-state index in [9.17, 15) is 9.18 Å². The van der Waals surface area contributed by atoms with Crippen LogP contribution in [0, 0.1) is 5.82 Å². The van der Waals surface area contributed by atoms with Gasteiger partial charge in [0.2, 0.25) is 5.91 Å². The Morgan fingerprint density at radius 2 is 2.23 bits per heavy atom. The Kier molecular flexibility index (Phi) is 4.81. The summed E-state index contributed by atoms with van der Waals surface area (Å²) in [5.41, 5.74) is 6.64. The highest BCUT2D eigenvalue weighted by molar-refractivity contribution is 5.85.